The van der Waals surface area contributed by atoms with Gasteiger partial charge in [-0.1, -0.05) is 18.2 Å². The van der Waals surface area contributed by atoms with Gasteiger partial charge in [-0.15, -0.1) is 0 Å². The van der Waals surface area contributed by atoms with E-state index in [-0.39, 0.29) is 24.0 Å². The van der Waals surface area contributed by atoms with E-state index >= 15 is 0 Å². The van der Waals surface area contributed by atoms with Crippen LogP contribution >= 0.6 is 11.8 Å². The molecule has 0 radical (unpaired) electrons. The second-order valence-corrected chi connectivity index (χ2v) is 9.46. The van der Waals surface area contributed by atoms with Crippen molar-refractivity contribution in [2.24, 2.45) is 0 Å². The molecule has 2 aromatic carbocycles. The van der Waals surface area contributed by atoms with E-state index in [0.717, 1.165) is 27.8 Å². The van der Waals surface area contributed by atoms with Crippen LogP contribution in [0.25, 0.3) is 6.08 Å². The number of hydrogen-bond acceptors (Lipinski definition) is 7. The lowest BCUT2D eigenvalue weighted by Crippen LogP contribution is -2.42. The fourth-order valence-electron chi connectivity index (χ4n) is 3.66. The van der Waals surface area contributed by atoms with E-state index < -0.39 is 17.1 Å². The minimum atomic E-state index is -0.517. The summed E-state index contributed by atoms with van der Waals surface area (Å²) in [5.74, 6) is -0.547. The smallest absolute Gasteiger partial charge is 0.294 e. The van der Waals surface area contributed by atoms with Gasteiger partial charge in [0.15, 0.2) is 6.61 Å². The molecule has 1 N–H and O–H groups in total. The number of anilines is 1. The molecule has 188 valence electrons. The molecule has 0 saturated carbocycles. The summed E-state index contributed by atoms with van der Waals surface area (Å²) in [5, 5.41) is 2.23. The van der Waals surface area contributed by atoms with Crippen LogP contribution in [0.2, 0.25) is 0 Å². The Labute approximate surface area is 213 Å². The first-order chi connectivity index (χ1) is 17.3. The Morgan fingerprint density at radius 3 is 2.47 bits per heavy atom. The van der Waals surface area contributed by atoms with Crippen LogP contribution in [0.3, 0.4) is 0 Å². The SMILES string of the molecule is Cc1ccc(NC(=O)CN2C(=O)S/C(=C/c3ccc(OCC(=O)N4CCOCC4)cc3)C2=O)cc1C. The Morgan fingerprint density at radius 2 is 1.78 bits per heavy atom. The summed E-state index contributed by atoms with van der Waals surface area (Å²) in [4.78, 5) is 52.7. The maximum absolute atomic E-state index is 12.8. The van der Waals surface area contributed by atoms with Gasteiger partial charge in [0.2, 0.25) is 5.91 Å². The molecule has 2 aliphatic rings. The van der Waals surface area contributed by atoms with Gasteiger partial charge in [0.25, 0.3) is 17.1 Å². The molecule has 0 atom stereocenters. The number of nitrogens with one attached hydrogen (secondary N) is 1. The maximum atomic E-state index is 12.8. The van der Waals surface area contributed by atoms with Crippen molar-refractivity contribution in [1.29, 1.82) is 0 Å². The zero-order chi connectivity index (χ0) is 25.7. The second-order valence-electron chi connectivity index (χ2n) is 8.47. The molecule has 0 aromatic heterocycles. The number of thioether (sulfide) groups is 1. The zero-order valence-corrected chi connectivity index (χ0v) is 20.9. The number of imide groups is 1. The number of hydrogen-bond donors (Lipinski definition) is 1. The quantitative estimate of drug-likeness (QED) is 0.572. The molecule has 2 fully saturated rings. The maximum Gasteiger partial charge on any atom is 0.294 e. The Kier molecular flexibility index (Phi) is 8.07. The lowest BCUT2D eigenvalue weighted by molar-refractivity contribution is -0.137. The van der Waals surface area contributed by atoms with E-state index in [1.165, 1.54) is 0 Å². The number of carbonyl (C=O) groups is 4. The van der Waals surface area contributed by atoms with E-state index in [0.29, 0.717) is 43.3 Å². The van der Waals surface area contributed by atoms with Gasteiger partial charge >= 0.3 is 0 Å². The largest absolute Gasteiger partial charge is 0.484 e. The van der Waals surface area contributed by atoms with Crippen molar-refractivity contribution >= 4 is 46.5 Å². The zero-order valence-electron chi connectivity index (χ0n) is 20.1. The van der Waals surface area contributed by atoms with Crippen LogP contribution in [0.15, 0.2) is 47.4 Å². The predicted molar refractivity (Wildman–Crippen MR) is 137 cm³/mol. The number of carbonyl (C=O) groups excluding carboxylic acids is 4. The summed E-state index contributed by atoms with van der Waals surface area (Å²) < 4.78 is 10.8. The van der Waals surface area contributed by atoms with Crippen molar-refractivity contribution in [2.75, 3.05) is 44.8 Å². The monoisotopic (exact) mass is 509 g/mol. The first-order valence-corrected chi connectivity index (χ1v) is 12.3. The normalized spacial score (nSPS) is 17.0. The van der Waals surface area contributed by atoms with Crippen molar-refractivity contribution < 1.29 is 28.7 Å². The topological polar surface area (TPSA) is 105 Å². The van der Waals surface area contributed by atoms with E-state index in [2.05, 4.69) is 5.32 Å². The first-order valence-electron chi connectivity index (χ1n) is 11.5. The molecule has 4 rings (SSSR count). The average Bonchev–Trinajstić information content (AvgIpc) is 3.13. The Hall–Kier alpha value is -3.63. The second kappa shape index (κ2) is 11.4. The molecule has 2 saturated heterocycles. The van der Waals surface area contributed by atoms with Gasteiger partial charge in [-0.05, 0) is 72.6 Å². The molecule has 2 aliphatic heterocycles. The molecule has 0 bridgehead atoms. The van der Waals surface area contributed by atoms with Crippen molar-refractivity contribution in [3.63, 3.8) is 0 Å². The number of benzene rings is 2. The van der Waals surface area contributed by atoms with Crippen LogP contribution in [0.1, 0.15) is 16.7 Å². The highest BCUT2D eigenvalue weighted by Gasteiger charge is 2.36. The number of aryl methyl sites for hydroxylation is 2. The van der Waals surface area contributed by atoms with Crippen molar-refractivity contribution in [3.8, 4) is 5.75 Å². The van der Waals surface area contributed by atoms with Crippen LogP contribution in [0.4, 0.5) is 10.5 Å². The Balaban J connectivity index is 1.32. The molecule has 0 unspecified atom stereocenters. The fourth-order valence-corrected chi connectivity index (χ4v) is 4.50. The minimum absolute atomic E-state index is 0.0670. The summed E-state index contributed by atoms with van der Waals surface area (Å²) >= 11 is 0.790. The highest BCUT2D eigenvalue weighted by molar-refractivity contribution is 8.18. The molecular formula is C26H27N3O6S. The summed E-state index contributed by atoms with van der Waals surface area (Å²) in [6.07, 6.45) is 1.59. The molecule has 2 heterocycles. The number of nitrogens with zero attached hydrogens (tertiary/aromatic N) is 2. The summed E-state index contributed by atoms with van der Waals surface area (Å²) in [6, 6.07) is 12.4. The highest BCUT2D eigenvalue weighted by atomic mass is 32.2. The lowest BCUT2D eigenvalue weighted by Gasteiger charge is -2.26. The van der Waals surface area contributed by atoms with E-state index in [4.69, 9.17) is 9.47 Å². The molecule has 0 aliphatic carbocycles. The highest BCUT2D eigenvalue weighted by Crippen LogP contribution is 2.32. The molecule has 2 aromatic rings. The van der Waals surface area contributed by atoms with Crippen LogP contribution in [0, 0.1) is 13.8 Å². The molecule has 4 amide bonds. The van der Waals surface area contributed by atoms with Crippen LogP contribution in [-0.2, 0) is 19.1 Å². The van der Waals surface area contributed by atoms with Crippen molar-refractivity contribution in [3.05, 3.63) is 64.1 Å². The van der Waals surface area contributed by atoms with Gasteiger partial charge in [0.05, 0.1) is 18.1 Å². The molecule has 10 heteroatoms. The number of rotatable bonds is 7. The summed E-state index contributed by atoms with van der Waals surface area (Å²) in [7, 11) is 0. The number of amides is 4. The van der Waals surface area contributed by atoms with Crippen LogP contribution in [-0.4, -0.2) is 72.2 Å². The average molecular weight is 510 g/mol. The predicted octanol–water partition coefficient (Wildman–Crippen LogP) is 3.22. The Morgan fingerprint density at radius 1 is 1.06 bits per heavy atom. The van der Waals surface area contributed by atoms with E-state index in [9.17, 15) is 19.2 Å². The van der Waals surface area contributed by atoms with Crippen LogP contribution < -0.4 is 10.1 Å². The third-order valence-corrected chi connectivity index (χ3v) is 6.78. The molecule has 36 heavy (non-hydrogen) atoms. The van der Waals surface area contributed by atoms with Gasteiger partial charge in [0, 0.05) is 18.8 Å². The first kappa shape index (κ1) is 25.5. The Bertz CT molecular complexity index is 1200. The van der Waals surface area contributed by atoms with E-state index in [1.54, 1.807) is 41.3 Å². The number of ether oxygens (including phenoxy) is 2. The van der Waals surface area contributed by atoms with Gasteiger partial charge < -0.3 is 19.7 Å². The minimum Gasteiger partial charge on any atom is -0.484 e. The molecule has 9 nitrogen and oxygen atoms in total. The van der Waals surface area contributed by atoms with Gasteiger partial charge in [0.1, 0.15) is 12.3 Å². The molecular weight excluding hydrogens is 482 g/mol. The van der Waals surface area contributed by atoms with Crippen LogP contribution in [0.5, 0.6) is 5.75 Å². The number of morpholine rings is 1. The summed E-state index contributed by atoms with van der Waals surface area (Å²) in [6.45, 7) is 5.66. The molecule has 0 spiro atoms. The van der Waals surface area contributed by atoms with Crippen molar-refractivity contribution in [1.82, 2.24) is 9.80 Å². The fraction of sp³-hybridized carbons (Fsp3) is 0.308. The third-order valence-electron chi connectivity index (χ3n) is 5.87. The standard InChI is InChI=1S/C26H27N3O6S/c1-17-3-6-20(13-18(17)2)27-23(30)15-29-25(32)22(36-26(29)33)14-19-4-7-21(8-5-19)35-16-24(31)28-9-11-34-12-10-28/h3-8,13-14H,9-12,15-16H2,1-2H3,(H,27,30)/b22-14+. The van der Waals surface area contributed by atoms with Crippen molar-refractivity contribution in [2.45, 2.75) is 13.8 Å². The summed E-state index contributed by atoms with van der Waals surface area (Å²) in [5.41, 5.74) is 3.43. The van der Waals surface area contributed by atoms with Gasteiger partial charge in [-0.3, -0.25) is 24.1 Å². The van der Waals surface area contributed by atoms with Gasteiger partial charge in [-0.2, -0.15) is 0 Å². The van der Waals surface area contributed by atoms with Gasteiger partial charge in [-0.25, -0.2) is 0 Å². The lowest BCUT2D eigenvalue weighted by atomic mass is 10.1. The van der Waals surface area contributed by atoms with E-state index in [1.807, 2.05) is 26.0 Å². The third kappa shape index (κ3) is 6.32.